The molecule has 1 N–H and O–H groups in total. The zero-order chi connectivity index (χ0) is 6.69. The summed E-state index contributed by atoms with van der Waals surface area (Å²) in [6.45, 7) is 4.89. The molecule has 0 saturated carbocycles. The van der Waals surface area contributed by atoms with Gasteiger partial charge in [0.25, 0.3) is 0 Å². The van der Waals surface area contributed by atoms with E-state index in [0.29, 0.717) is 0 Å². The lowest BCUT2D eigenvalue weighted by atomic mass is 10.8. The van der Waals surface area contributed by atoms with Crippen molar-refractivity contribution in [3.63, 3.8) is 0 Å². The maximum Gasteiger partial charge on any atom is 0.205 e. The highest BCUT2D eigenvalue weighted by Crippen LogP contribution is 2.12. The Kier molecular flexibility index (Phi) is 2.00. The summed E-state index contributed by atoms with van der Waals surface area (Å²) in [4.78, 5) is 0. The third-order valence-electron chi connectivity index (χ3n) is 0.854. The molecule has 0 amide bonds. The number of aromatic nitrogens is 2. The Hall–Kier alpha value is -0.640. The van der Waals surface area contributed by atoms with Gasteiger partial charge >= 0.3 is 0 Å². The van der Waals surface area contributed by atoms with E-state index in [1.165, 1.54) is 0 Å². The van der Waals surface area contributed by atoms with Crippen LogP contribution in [0.4, 0.5) is 5.13 Å². The molecule has 0 atom stereocenters. The molecule has 0 bridgehead atoms. The fraction of sp³-hybridized carbons (Fsp3) is 0.600. The lowest BCUT2D eigenvalue weighted by molar-refractivity contribution is 1.03. The fourth-order valence-corrected chi connectivity index (χ4v) is 1.18. The zero-order valence-corrected chi connectivity index (χ0v) is 6.33. The van der Waals surface area contributed by atoms with Gasteiger partial charge in [-0.1, -0.05) is 11.3 Å². The van der Waals surface area contributed by atoms with Crippen LogP contribution < -0.4 is 5.32 Å². The predicted molar refractivity (Wildman–Crippen MR) is 38.8 cm³/mol. The number of nitrogens with one attached hydrogen (secondary N) is 1. The second-order valence-electron chi connectivity index (χ2n) is 1.66. The standard InChI is InChI=1S/C5H9N3S/c1-3-6-5-8-7-4(2)9-5/h3H2,1-2H3,(H,6,8). The summed E-state index contributed by atoms with van der Waals surface area (Å²) < 4.78 is 0. The Labute approximate surface area is 58.1 Å². The summed E-state index contributed by atoms with van der Waals surface area (Å²) in [5, 5.41) is 12.7. The highest BCUT2D eigenvalue weighted by molar-refractivity contribution is 7.15. The SMILES string of the molecule is CCNc1nnc(C)s1. The van der Waals surface area contributed by atoms with Gasteiger partial charge in [0.15, 0.2) is 0 Å². The molecule has 1 aromatic rings. The van der Waals surface area contributed by atoms with Crippen LogP contribution in [-0.2, 0) is 0 Å². The molecule has 0 fully saturated rings. The van der Waals surface area contributed by atoms with Crippen LogP contribution in [0.1, 0.15) is 11.9 Å². The minimum atomic E-state index is 0.911. The molecule has 0 radical (unpaired) electrons. The Morgan fingerprint density at radius 2 is 2.33 bits per heavy atom. The van der Waals surface area contributed by atoms with Crippen molar-refractivity contribution in [3.8, 4) is 0 Å². The summed E-state index contributed by atoms with van der Waals surface area (Å²) in [6.07, 6.45) is 0. The predicted octanol–water partition coefficient (Wildman–Crippen LogP) is 1.28. The van der Waals surface area contributed by atoms with Crippen molar-refractivity contribution in [2.24, 2.45) is 0 Å². The molecular weight excluding hydrogens is 134 g/mol. The summed E-state index contributed by atoms with van der Waals surface area (Å²) in [5.41, 5.74) is 0. The molecule has 1 rings (SSSR count). The maximum absolute atomic E-state index is 3.86. The highest BCUT2D eigenvalue weighted by Gasteiger charge is 1.94. The Bertz CT molecular complexity index is 184. The molecule has 0 aromatic carbocycles. The average molecular weight is 143 g/mol. The Morgan fingerprint density at radius 3 is 2.78 bits per heavy atom. The van der Waals surface area contributed by atoms with E-state index in [-0.39, 0.29) is 0 Å². The molecule has 0 unspecified atom stereocenters. The third-order valence-corrected chi connectivity index (χ3v) is 1.65. The second-order valence-corrected chi connectivity index (χ2v) is 2.84. The van der Waals surface area contributed by atoms with E-state index in [9.17, 15) is 0 Å². The van der Waals surface area contributed by atoms with Crippen molar-refractivity contribution in [2.45, 2.75) is 13.8 Å². The maximum atomic E-state index is 3.86. The van der Waals surface area contributed by atoms with Gasteiger partial charge < -0.3 is 5.32 Å². The van der Waals surface area contributed by atoms with Crippen LogP contribution in [0.15, 0.2) is 0 Å². The van der Waals surface area contributed by atoms with Crippen molar-refractivity contribution in [1.29, 1.82) is 0 Å². The van der Waals surface area contributed by atoms with Crippen LogP contribution in [0.5, 0.6) is 0 Å². The first kappa shape index (κ1) is 6.48. The molecule has 9 heavy (non-hydrogen) atoms. The van der Waals surface area contributed by atoms with Gasteiger partial charge in [-0.15, -0.1) is 10.2 Å². The molecule has 0 spiro atoms. The number of hydrogen-bond donors (Lipinski definition) is 1. The first-order valence-electron chi connectivity index (χ1n) is 2.87. The largest absolute Gasteiger partial charge is 0.360 e. The number of aryl methyl sites for hydroxylation is 1. The van der Waals surface area contributed by atoms with Gasteiger partial charge in [-0.2, -0.15) is 0 Å². The summed E-state index contributed by atoms with van der Waals surface area (Å²) >= 11 is 1.58. The van der Waals surface area contributed by atoms with Crippen LogP contribution >= 0.6 is 11.3 Å². The van der Waals surface area contributed by atoms with Crippen LogP contribution in [-0.4, -0.2) is 16.7 Å². The van der Waals surface area contributed by atoms with Crippen molar-refractivity contribution in [2.75, 3.05) is 11.9 Å². The normalized spacial score (nSPS) is 9.56. The zero-order valence-electron chi connectivity index (χ0n) is 5.51. The molecule has 1 heterocycles. The molecule has 0 aliphatic heterocycles. The third kappa shape index (κ3) is 1.64. The van der Waals surface area contributed by atoms with Crippen molar-refractivity contribution >= 4 is 16.5 Å². The first-order chi connectivity index (χ1) is 4.33. The van der Waals surface area contributed by atoms with Crippen LogP contribution in [0.25, 0.3) is 0 Å². The van der Waals surface area contributed by atoms with Crippen LogP contribution in [0.3, 0.4) is 0 Å². The van der Waals surface area contributed by atoms with Crippen molar-refractivity contribution < 1.29 is 0 Å². The first-order valence-corrected chi connectivity index (χ1v) is 3.68. The van der Waals surface area contributed by atoms with E-state index in [0.717, 1.165) is 16.7 Å². The van der Waals surface area contributed by atoms with E-state index in [2.05, 4.69) is 15.5 Å². The molecule has 3 nitrogen and oxygen atoms in total. The Morgan fingerprint density at radius 1 is 1.56 bits per heavy atom. The van der Waals surface area contributed by atoms with Gasteiger partial charge in [0, 0.05) is 6.54 Å². The van der Waals surface area contributed by atoms with E-state index in [1.54, 1.807) is 11.3 Å². The minimum absolute atomic E-state index is 0.911. The van der Waals surface area contributed by atoms with Gasteiger partial charge in [0.1, 0.15) is 5.01 Å². The number of hydrogen-bond acceptors (Lipinski definition) is 4. The molecule has 0 aliphatic rings. The lowest BCUT2D eigenvalue weighted by Crippen LogP contribution is -1.94. The van der Waals surface area contributed by atoms with E-state index in [1.807, 2.05) is 13.8 Å². The number of anilines is 1. The molecular formula is C5H9N3S. The van der Waals surface area contributed by atoms with E-state index in [4.69, 9.17) is 0 Å². The quantitative estimate of drug-likeness (QED) is 0.677. The van der Waals surface area contributed by atoms with Crippen LogP contribution in [0, 0.1) is 6.92 Å². The van der Waals surface area contributed by atoms with Gasteiger partial charge in [0.05, 0.1) is 0 Å². The number of nitrogens with zero attached hydrogens (tertiary/aromatic N) is 2. The Balaban J connectivity index is 2.61. The number of rotatable bonds is 2. The van der Waals surface area contributed by atoms with Crippen LogP contribution in [0.2, 0.25) is 0 Å². The monoisotopic (exact) mass is 143 g/mol. The minimum Gasteiger partial charge on any atom is -0.360 e. The topological polar surface area (TPSA) is 37.8 Å². The van der Waals surface area contributed by atoms with Gasteiger partial charge in [-0.05, 0) is 13.8 Å². The summed E-state index contributed by atoms with van der Waals surface area (Å²) in [6, 6.07) is 0. The van der Waals surface area contributed by atoms with Gasteiger partial charge in [-0.3, -0.25) is 0 Å². The van der Waals surface area contributed by atoms with E-state index < -0.39 is 0 Å². The smallest absolute Gasteiger partial charge is 0.205 e. The molecule has 1 aromatic heterocycles. The molecule has 0 aliphatic carbocycles. The van der Waals surface area contributed by atoms with Crippen molar-refractivity contribution in [3.05, 3.63) is 5.01 Å². The summed E-state index contributed by atoms with van der Waals surface area (Å²) in [5.74, 6) is 0. The molecule has 50 valence electrons. The van der Waals surface area contributed by atoms with E-state index >= 15 is 0 Å². The lowest BCUT2D eigenvalue weighted by Gasteiger charge is -1.90. The average Bonchev–Trinajstić information content (AvgIpc) is 2.17. The fourth-order valence-electron chi connectivity index (χ4n) is 0.519. The summed E-state index contributed by atoms with van der Waals surface area (Å²) in [7, 11) is 0. The highest BCUT2D eigenvalue weighted by atomic mass is 32.1. The molecule has 4 heteroatoms. The molecule has 0 saturated heterocycles. The van der Waals surface area contributed by atoms with Gasteiger partial charge in [-0.25, -0.2) is 0 Å². The van der Waals surface area contributed by atoms with Gasteiger partial charge in [0.2, 0.25) is 5.13 Å². The van der Waals surface area contributed by atoms with Crippen molar-refractivity contribution in [1.82, 2.24) is 10.2 Å². The second kappa shape index (κ2) is 2.77.